The first-order valence-corrected chi connectivity index (χ1v) is 5.98. The lowest BCUT2D eigenvalue weighted by Crippen LogP contribution is -2.31. The van der Waals surface area contributed by atoms with Crippen LogP contribution < -0.4 is 0 Å². The van der Waals surface area contributed by atoms with E-state index in [4.69, 9.17) is 10.4 Å². The van der Waals surface area contributed by atoms with Gasteiger partial charge in [-0.05, 0) is 31.5 Å². The van der Waals surface area contributed by atoms with Crippen LogP contribution in [0, 0.1) is 11.3 Å². The van der Waals surface area contributed by atoms with Gasteiger partial charge in [0.15, 0.2) is 0 Å². The summed E-state index contributed by atoms with van der Waals surface area (Å²) in [5.74, 6) is -0.912. The Morgan fingerprint density at radius 3 is 2.78 bits per heavy atom. The van der Waals surface area contributed by atoms with Gasteiger partial charge in [-0.3, -0.25) is 4.90 Å². The van der Waals surface area contributed by atoms with Crippen LogP contribution in [0.3, 0.4) is 0 Å². The second kappa shape index (κ2) is 6.77. The highest BCUT2D eigenvalue weighted by atomic mass is 16.4. The lowest BCUT2D eigenvalue weighted by Gasteiger charge is -2.25. The molecule has 0 unspecified atom stereocenters. The molecule has 1 aromatic carbocycles. The molecule has 0 aliphatic carbocycles. The van der Waals surface area contributed by atoms with Gasteiger partial charge in [0, 0.05) is 25.6 Å². The fourth-order valence-electron chi connectivity index (χ4n) is 1.75. The van der Waals surface area contributed by atoms with Crippen LogP contribution in [0.4, 0.5) is 0 Å². The highest BCUT2D eigenvalue weighted by Gasteiger charge is 2.11. The summed E-state index contributed by atoms with van der Waals surface area (Å²) in [4.78, 5) is 13.0. The second-order valence-electron chi connectivity index (χ2n) is 4.48. The molecule has 1 aromatic rings. The van der Waals surface area contributed by atoms with Crippen LogP contribution >= 0.6 is 0 Å². The smallest absolute Gasteiger partial charge is 0.335 e. The fraction of sp³-hybridized carbons (Fsp3) is 0.429. The molecule has 0 spiro atoms. The van der Waals surface area contributed by atoms with Crippen LogP contribution in [0.5, 0.6) is 0 Å². The van der Waals surface area contributed by atoms with Crippen molar-refractivity contribution in [1.82, 2.24) is 4.90 Å². The van der Waals surface area contributed by atoms with E-state index in [1.807, 2.05) is 6.07 Å². The van der Waals surface area contributed by atoms with Gasteiger partial charge in [0.2, 0.25) is 0 Å². The molecule has 1 N–H and O–H groups in total. The third kappa shape index (κ3) is 4.19. The van der Waals surface area contributed by atoms with Crippen molar-refractivity contribution >= 4 is 5.97 Å². The van der Waals surface area contributed by atoms with E-state index in [1.54, 1.807) is 18.2 Å². The number of rotatable bonds is 6. The van der Waals surface area contributed by atoms with E-state index in [9.17, 15) is 4.79 Å². The van der Waals surface area contributed by atoms with Crippen LogP contribution in [0.25, 0.3) is 0 Å². The zero-order chi connectivity index (χ0) is 13.5. The predicted octanol–water partition coefficient (Wildman–Crippen LogP) is 2.51. The molecule has 0 atom stereocenters. The van der Waals surface area contributed by atoms with Gasteiger partial charge < -0.3 is 5.11 Å². The Labute approximate surface area is 107 Å². The van der Waals surface area contributed by atoms with Crippen molar-refractivity contribution < 1.29 is 9.90 Å². The molecular weight excluding hydrogens is 228 g/mol. The Kier molecular flexibility index (Phi) is 5.34. The van der Waals surface area contributed by atoms with Crippen molar-refractivity contribution in [3.63, 3.8) is 0 Å². The quantitative estimate of drug-likeness (QED) is 0.837. The zero-order valence-corrected chi connectivity index (χ0v) is 10.8. The molecule has 0 bridgehead atoms. The number of hydrogen-bond acceptors (Lipinski definition) is 3. The molecule has 0 heterocycles. The molecular formula is C14H18N2O2. The van der Waals surface area contributed by atoms with Crippen molar-refractivity contribution in [2.24, 2.45) is 0 Å². The molecule has 0 aliphatic heterocycles. The summed E-state index contributed by atoms with van der Waals surface area (Å²) in [7, 11) is 0. The van der Waals surface area contributed by atoms with Gasteiger partial charge in [-0.2, -0.15) is 5.26 Å². The van der Waals surface area contributed by atoms with Gasteiger partial charge in [-0.1, -0.05) is 12.1 Å². The molecule has 0 aromatic heterocycles. The molecule has 1 rings (SSSR count). The van der Waals surface area contributed by atoms with Crippen molar-refractivity contribution in [1.29, 1.82) is 5.26 Å². The molecule has 0 amide bonds. The Morgan fingerprint density at radius 2 is 2.22 bits per heavy atom. The van der Waals surface area contributed by atoms with Crippen molar-refractivity contribution in [3.05, 3.63) is 35.4 Å². The van der Waals surface area contributed by atoms with Gasteiger partial charge in [0.25, 0.3) is 0 Å². The number of carbonyl (C=O) groups is 1. The van der Waals surface area contributed by atoms with Gasteiger partial charge in [0.1, 0.15) is 0 Å². The summed E-state index contributed by atoms with van der Waals surface area (Å²) >= 11 is 0. The van der Waals surface area contributed by atoms with E-state index < -0.39 is 5.97 Å². The fourth-order valence-corrected chi connectivity index (χ4v) is 1.75. The average molecular weight is 246 g/mol. The van der Waals surface area contributed by atoms with E-state index in [0.29, 0.717) is 31.1 Å². The number of aromatic carboxylic acids is 1. The van der Waals surface area contributed by atoms with E-state index >= 15 is 0 Å². The summed E-state index contributed by atoms with van der Waals surface area (Å²) in [5.41, 5.74) is 1.26. The third-order valence-electron chi connectivity index (χ3n) is 2.80. The maximum absolute atomic E-state index is 10.9. The molecule has 4 nitrogen and oxygen atoms in total. The normalized spacial score (nSPS) is 10.6. The topological polar surface area (TPSA) is 64.3 Å². The Hall–Kier alpha value is -1.86. The van der Waals surface area contributed by atoms with E-state index in [2.05, 4.69) is 24.8 Å². The molecule has 0 saturated carbocycles. The molecule has 0 saturated heterocycles. The van der Waals surface area contributed by atoms with Crippen molar-refractivity contribution in [2.45, 2.75) is 32.9 Å². The standard InChI is InChI=1S/C14H18N2O2/c1-11(2)16(8-4-7-15)10-12-5-3-6-13(9-12)14(17)18/h3,5-6,9,11H,4,8,10H2,1-2H3,(H,17,18). The number of nitriles is 1. The highest BCUT2D eigenvalue weighted by molar-refractivity contribution is 5.87. The van der Waals surface area contributed by atoms with Gasteiger partial charge in [0.05, 0.1) is 11.6 Å². The summed E-state index contributed by atoms with van der Waals surface area (Å²) in [6.07, 6.45) is 0.483. The average Bonchev–Trinajstić information content (AvgIpc) is 2.34. The Morgan fingerprint density at radius 1 is 1.50 bits per heavy atom. The maximum Gasteiger partial charge on any atom is 0.335 e. The van der Waals surface area contributed by atoms with Crippen molar-refractivity contribution in [3.8, 4) is 6.07 Å². The third-order valence-corrected chi connectivity index (χ3v) is 2.80. The summed E-state index contributed by atoms with van der Waals surface area (Å²) in [6, 6.07) is 9.39. The summed E-state index contributed by atoms with van der Waals surface area (Å²) < 4.78 is 0. The summed E-state index contributed by atoms with van der Waals surface area (Å²) in [6.45, 7) is 5.50. The van der Waals surface area contributed by atoms with Crippen molar-refractivity contribution in [2.75, 3.05) is 6.54 Å². The first-order valence-electron chi connectivity index (χ1n) is 5.98. The second-order valence-corrected chi connectivity index (χ2v) is 4.48. The van der Waals surface area contributed by atoms with E-state index in [0.717, 1.165) is 5.56 Å². The SMILES string of the molecule is CC(C)N(CCC#N)Cc1cccc(C(=O)O)c1. The lowest BCUT2D eigenvalue weighted by atomic mass is 10.1. The minimum Gasteiger partial charge on any atom is -0.478 e. The molecule has 96 valence electrons. The highest BCUT2D eigenvalue weighted by Crippen LogP contribution is 2.11. The number of carboxylic acid groups (broad SMARTS) is 1. The van der Waals surface area contributed by atoms with Crippen LogP contribution in [-0.4, -0.2) is 28.6 Å². The zero-order valence-electron chi connectivity index (χ0n) is 10.8. The minimum atomic E-state index is -0.912. The lowest BCUT2D eigenvalue weighted by molar-refractivity contribution is 0.0696. The number of carboxylic acids is 1. The number of hydrogen-bond donors (Lipinski definition) is 1. The van der Waals surface area contributed by atoms with Crippen LogP contribution in [0.1, 0.15) is 36.2 Å². The Balaban J connectivity index is 2.77. The Bertz CT molecular complexity index is 449. The maximum atomic E-state index is 10.9. The molecule has 0 radical (unpaired) electrons. The van der Waals surface area contributed by atoms with Crippen LogP contribution in [0.15, 0.2) is 24.3 Å². The first kappa shape index (κ1) is 14.2. The van der Waals surface area contributed by atoms with Gasteiger partial charge >= 0.3 is 5.97 Å². The van der Waals surface area contributed by atoms with E-state index in [-0.39, 0.29) is 0 Å². The molecule has 0 aliphatic rings. The van der Waals surface area contributed by atoms with Gasteiger partial charge in [-0.25, -0.2) is 4.79 Å². The molecule has 4 heteroatoms. The van der Waals surface area contributed by atoms with Crippen LogP contribution in [0.2, 0.25) is 0 Å². The summed E-state index contributed by atoms with van der Waals surface area (Å²) in [5, 5.41) is 17.6. The van der Waals surface area contributed by atoms with Gasteiger partial charge in [-0.15, -0.1) is 0 Å². The molecule has 0 fully saturated rings. The molecule has 18 heavy (non-hydrogen) atoms. The number of benzene rings is 1. The number of nitrogens with zero attached hydrogens (tertiary/aromatic N) is 2. The predicted molar refractivity (Wildman–Crippen MR) is 69.2 cm³/mol. The van der Waals surface area contributed by atoms with E-state index in [1.165, 1.54) is 0 Å². The first-order chi connectivity index (χ1) is 8.54. The monoisotopic (exact) mass is 246 g/mol. The largest absolute Gasteiger partial charge is 0.478 e. The van der Waals surface area contributed by atoms with Crippen LogP contribution in [-0.2, 0) is 6.54 Å². The minimum absolute atomic E-state index is 0.302.